The SMILES string of the molecule is CCC/C=C\CCCCCCCC(=O)OC(COCCCCCCCCCCCCC)COC1OC(CO)C(O)C(O)C1O. The second-order valence-corrected chi connectivity index (χ2v) is 12.3. The first-order valence-electron chi connectivity index (χ1n) is 17.8. The minimum Gasteiger partial charge on any atom is -0.457 e. The van der Waals surface area contributed by atoms with E-state index in [2.05, 4.69) is 26.0 Å². The third-order valence-electron chi connectivity index (χ3n) is 8.16. The second kappa shape index (κ2) is 28.2. The molecule has 1 fully saturated rings. The van der Waals surface area contributed by atoms with Gasteiger partial charge in [-0.3, -0.25) is 4.79 Å². The van der Waals surface area contributed by atoms with Gasteiger partial charge >= 0.3 is 5.97 Å². The van der Waals surface area contributed by atoms with Gasteiger partial charge in [0.1, 0.15) is 30.5 Å². The summed E-state index contributed by atoms with van der Waals surface area (Å²) < 4.78 is 22.6. The van der Waals surface area contributed by atoms with E-state index in [1.54, 1.807) is 0 Å². The molecule has 9 heteroatoms. The number of hydrogen-bond donors (Lipinski definition) is 4. The zero-order valence-corrected chi connectivity index (χ0v) is 27.9. The molecule has 0 saturated carbocycles. The third-order valence-corrected chi connectivity index (χ3v) is 8.16. The molecule has 260 valence electrons. The predicted octanol–water partition coefficient (Wildman–Crippen LogP) is 6.13. The van der Waals surface area contributed by atoms with Gasteiger partial charge in [0, 0.05) is 13.0 Å². The Morgan fingerprint density at radius 2 is 1.30 bits per heavy atom. The summed E-state index contributed by atoms with van der Waals surface area (Å²) >= 11 is 0. The fourth-order valence-corrected chi connectivity index (χ4v) is 5.32. The predicted molar refractivity (Wildman–Crippen MR) is 173 cm³/mol. The molecule has 0 aromatic carbocycles. The van der Waals surface area contributed by atoms with Crippen LogP contribution in [0.3, 0.4) is 0 Å². The molecule has 0 aliphatic carbocycles. The molecule has 1 aliphatic heterocycles. The van der Waals surface area contributed by atoms with E-state index >= 15 is 0 Å². The summed E-state index contributed by atoms with van der Waals surface area (Å²) in [4.78, 5) is 12.6. The molecule has 0 amide bonds. The number of rotatable bonds is 29. The molecule has 1 saturated heterocycles. The number of hydrogen-bond acceptors (Lipinski definition) is 9. The highest BCUT2D eigenvalue weighted by atomic mass is 16.7. The number of ether oxygens (including phenoxy) is 4. The third kappa shape index (κ3) is 20.1. The van der Waals surface area contributed by atoms with Crippen molar-refractivity contribution in [3.05, 3.63) is 12.2 Å². The number of unbranched alkanes of at least 4 members (excludes halogenated alkanes) is 16. The minimum absolute atomic E-state index is 0.113. The summed E-state index contributed by atoms with van der Waals surface area (Å²) in [5.41, 5.74) is 0. The Kier molecular flexibility index (Phi) is 26.2. The van der Waals surface area contributed by atoms with Crippen LogP contribution < -0.4 is 0 Å². The van der Waals surface area contributed by atoms with Crippen LogP contribution >= 0.6 is 0 Å². The summed E-state index contributed by atoms with van der Waals surface area (Å²) in [5.74, 6) is -0.326. The maximum absolute atomic E-state index is 12.6. The van der Waals surface area contributed by atoms with Crippen molar-refractivity contribution in [1.29, 1.82) is 0 Å². The molecule has 0 spiro atoms. The van der Waals surface area contributed by atoms with Crippen LogP contribution in [0, 0.1) is 0 Å². The Morgan fingerprint density at radius 1 is 0.705 bits per heavy atom. The van der Waals surface area contributed by atoms with E-state index in [1.165, 1.54) is 70.6 Å². The standard InChI is InChI=1S/C35H66O9/c1-3-5-7-9-11-13-15-17-19-21-23-25-41-27-29(28-42-35-34(40)33(39)32(38)30(26-36)44-35)43-31(37)24-22-20-18-16-14-12-10-8-6-4-2/h8,10,29-30,32-36,38-40H,3-7,9,11-28H2,1-2H3/b10-8-. The van der Waals surface area contributed by atoms with Crippen molar-refractivity contribution in [2.24, 2.45) is 0 Å². The van der Waals surface area contributed by atoms with Gasteiger partial charge in [-0.25, -0.2) is 0 Å². The Bertz CT molecular complexity index is 687. The molecule has 0 radical (unpaired) electrons. The molecular formula is C35H66O9. The number of aliphatic hydroxyl groups is 4. The van der Waals surface area contributed by atoms with Crippen LogP contribution in [0.5, 0.6) is 0 Å². The lowest BCUT2D eigenvalue weighted by Gasteiger charge is -2.39. The lowest BCUT2D eigenvalue weighted by atomic mass is 9.99. The maximum atomic E-state index is 12.6. The Balaban J connectivity index is 2.37. The van der Waals surface area contributed by atoms with E-state index in [9.17, 15) is 25.2 Å². The molecule has 0 bridgehead atoms. The molecule has 0 aromatic rings. The zero-order valence-electron chi connectivity index (χ0n) is 27.9. The number of esters is 1. The summed E-state index contributed by atoms with van der Waals surface area (Å²) in [6.07, 6.45) is 19.5. The van der Waals surface area contributed by atoms with Gasteiger partial charge in [0.15, 0.2) is 6.29 Å². The molecule has 1 heterocycles. The van der Waals surface area contributed by atoms with Gasteiger partial charge in [-0.2, -0.15) is 0 Å². The smallest absolute Gasteiger partial charge is 0.306 e. The highest BCUT2D eigenvalue weighted by Gasteiger charge is 2.44. The van der Waals surface area contributed by atoms with Crippen molar-refractivity contribution in [2.45, 2.75) is 179 Å². The molecule has 9 nitrogen and oxygen atoms in total. The van der Waals surface area contributed by atoms with E-state index in [-0.39, 0.29) is 19.2 Å². The normalized spacial score (nSPS) is 22.9. The highest BCUT2D eigenvalue weighted by molar-refractivity contribution is 5.69. The van der Waals surface area contributed by atoms with Crippen molar-refractivity contribution in [3.8, 4) is 0 Å². The Hall–Kier alpha value is -1.07. The average molecular weight is 631 g/mol. The minimum atomic E-state index is -1.53. The molecular weight excluding hydrogens is 564 g/mol. The van der Waals surface area contributed by atoms with Crippen LogP contribution in [0.25, 0.3) is 0 Å². The highest BCUT2D eigenvalue weighted by Crippen LogP contribution is 2.22. The van der Waals surface area contributed by atoms with Crippen LogP contribution in [0.2, 0.25) is 0 Å². The summed E-state index contributed by atoms with van der Waals surface area (Å²) in [6, 6.07) is 0. The zero-order chi connectivity index (χ0) is 32.3. The molecule has 6 unspecified atom stereocenters. The first kappa shape index (κ1) is 41.0. The summed E-state index contributed by atoms with van der Waals surface area (Å²) in [6.45, 7) is 4.47. The number of carbonyl (C=O) groups is 1. The van der Waals surface area contributed by atoms with Crippen molar-refractivity contribution in [3.63, 3.8) is 0 Å². The quantitative estimate of drug-likeness (QED) is 0.0437. The van der Waals surface area contributed by atoms with Crippen molar-refractivity contribution >= 4 is 5.97 Å². The molecule has 4 N–H and O–H groups in total. The van der Waals surface area contributed by atoms with E-state index in [0.29, 0.717) is 13.0 Å². The van der Waals surface area contributed by atoms with Gasteiger partial charge in [-0.15, -0.1) is 0 Å². The fourth-order valence-electron chi connectivity index (χ4n) is 5.32. The molecule has 1 aliphatic rings. The first-order chi connectivity index (χ1) is 21.4. The van der Waals surface area contributed by atoms with Gasteiger partial charge in [-0.05, 0) is 32.1 Å². The molecule has 0 aromatic heterocycles. The number of aliphatic hydroxyl groups excluding tert-OH is 4. The second-order valence-electron chi connectivity index (χ2n) is 12.3. The van der Waals surface area contributed by atoms with Crippen LogP contribution in [0.1, 0.15) is 142 Å². The van der Waals surface area contributed by atoms with Crippen molar-refractivity contribution < 1.29 is 44.2 Å². The fraction of sp³-hybridized carbons (Fsp3) is 0.914. The Morgan fingerprint density at radius 3 is 1.93 bits per heavy atom. The summed E-state index contributed by atoms with van der Waals surface area (Å²) in [7, 11) is 0. The van der Waals surface area contributed by atoms with E-state index in [0.717, 1.165) is 51.4 Å². The lowest BCUT2D eigenvalue weighted by molar-refractivity contribution is -0.305. The van der Waals surface area contributed by atoms with Crippen LogP contribution in [0.15, 0.2) is 12.2 Å². The topological polar surface area (TPSA) is 135 Å². The number of carbonyl (C=O) groups excluding carboxylic acids is 1. The first-order valence-corrected chi connectivity index (χ1v) is 17.8. The van der Waals surface area contributed by atoms with E-state index < -0.39 is 43.4 Å². The largest absolute Gasteiger partial charge is 0.457 e. The van der Waals surface area contributed by atoms with Gasteiger partial charge in [0.2, 0.25) is 0 Å². The Labute approximate surface area is 267 Å². The average Bonchev–Trinajstić information content (AvgIpc) is 3.02. The van der Waals surface area contributed by atoms with E-state index in [4.69, 9.17) is 18.9 Å². The van der Waals surface area contributed by atoms with Crippen LogP contribution in [-0.2, 0) is 23.7 Å². The van der Waals surface area contributed by atoms with Crippen LogP contribution in [0.4, 0.5) is 0 Å². The number of allylic oxidation sites excluding steroid dienone is 2. The van der Waals surface area contributed by atoms with Gasteiger partial charge in [-0.1, -0.05) is 116 Å². The lowest BCUT2D eigenvalue weighted by Crippen LogP contribution is -2.59. The maximum Gasteiger partial charge on any atom is 0.306 e. The summed E-state index contributed by atoms with van der Waals surface area (Å²) in [5, 5.41) is 39.8. The molecule has 44 heavy (non-hydrogen) atoms. The van der Waals surface area contributed by atoms with Crippen molar-refractivity contribution in [1.82, 2.24) is 0 Å². The monoisotopic (exact) mass is 630 g/mol. The molecule has 6 atom stereocenters. The van der Waals surface area contributed by atoms with E-state index in [1.807, 2.05) is 0 Å². The molecule has 1 rings (SSSR count). The van der Waals surface area contributed by atoms with Crippen LogP contribution in [-0.4, -0.2) is 89.6 Å². The van der Waals surface area contributed by atoms with Gasteiger partial charge in [0.05, 0.1) is 19.8 Å². The van der Waals surface area contributed by atoms with Gasteiger partial charge < -0.3 is 39.4 Å². The van der Waals surface area contributed by atoms with Gasteiger partial charge in [0.25, 0.3) is 0 Å². The van der Waals surface area contributed by atoms with Crippen molar-refractivity contribution in [2.75, 3.05) is 26.4 Å².